The number of ether oxygens (including phenoxy) is 1. The molecule has 0 spiro atoms. The van der Waals surface area contributed by atoms with Crippen LogP contribution in [0.2, 0.25) is 0 Å². The van der Waals surface area contributed by atoms with Gasteiger partial charge >= 0.3 is 0 Å². The van der Waals surface area contributed by atoms with Crippen molar-refractivity contribution in [2.24, 2.45) is 0 Å². The summed E-state index contributed by atoms with van der Waals surface area (Å²) in [6.07, 6.45) is 1.85. The second-order valence-electron chi connectivity index (χ2n) is 5.17. The molecule has 2 rings (SSSR count). The van der Waals surface area contributed by atoms with E-state index in [2.05, 4.69) is 35.8 Å². The fraction of sp³-hybridized carbons (Fsp3) is 0.562. The number of amides is 1. The molecule has 1 aliphatic heterocycles. The van der Waals surface area contributed by atoms with Gasteiger partial charge < -0.3 is 15.4 Å². The lowest BCUT2D eigenvalue weighted by atomic mass is 10.1. The van der Waals surface area contributed by atoms with E-state index >= 15 is 0 Å². The van der Waals surface area contributed by atoms with Crippen LogP contribution < -0.4 is 10.6 Å². The number of carbonyl (C=O) groups is 1. The van der Waals surface area contributed by atoms with Gasteiger partial charge in [0.2, 0.25) is 5.91 Å². The standard InChI is InChI=1S/C16H24N2O2S/c1-2-17-11-13-4-3-5-15(10-13)21-12-16(19)18-14-6-8-20-9-7-14/h3-5,10,14,17H,2,6-9,11-12H2,1H3,(H,18,19). The highest BCUT2D eigenvalue weighted by molar-refractivity contribution is 8.00. The number of carbonyl (C=O) groups excluding carboxylic acids is 1. The maximum absolute atomic E-state index is 12.0. The van der Waals surface area contributed by atoms with E-state index in [9.17, 15) is 4.79 Å². The van der Waals surface area contributed by atoms with E-state index in [1.165, 1.54) is 5.56 Å². The fourth-order valence-corrected chi connectivity index (χ4v) is 3.07. The van der Waals surface area contributed by atoms with Gasteiger partial charge in [0.15, 0.2) is 0 Å². The first-order chi connectivity index (χ1) is 10.3. The first-order valence-electron chi connectivity index (χ1n) is 7.57. The number of thioether (sulfide) groups is 1. The van der Waals surface area contributed by atoms with Crippen molar-refractivity contribution in [3.05, 3.63) is 29.8 Å². The molecule has 1 amide bonds. The molecule has 4 nitrogen and oxygen atoms in total. The van der Waals surface area contributed by atoms with Crippen LogP contribution >= 0.6 is 11.8 Å². The van der Waals surface area contributed by atoms with Crippen molar-refractivity contribution in [1.29, 1.82) is 0 Å². The Morgan fingerprint density at radius 1 is 1.38 bits per heavy atom. The fourth-order valence-electron chi connectivity index (χ4n) is 2.27. The normalized spacial score (nSPS) is 15.9. The molecule has 0 aliphatic carbocycles. The molecule has 116 valence electrons. The lowest BCUT2D eigenvalue weighted by Gasteiger charge is -2.23. The zero-order chi connectivity index (χ0) is 14.9. The van der Waals surface area contributed by atoms with Gasteiger partial charge in [-0.25, -0.2) is 0 Å². The quantitative estimate of drug-likeness (QED) is 0.758. The van der Waals surface area contributed by atoms with Gasteiger partial charge in [-0.3, -0.25) is 4.79 Å². The van der Waals surface area contributed by atoms with E-state index in [4.69, 9.17) is 4.74 Å². The Kier molecular flexibility index (Phi) is 7.06. The van der Waals surface area contributed by atoms with Crippen LogP contribution in [0.15, 0.2) is 29.2 Å². The summed E-state index contributed by atoms with van der Waals surface area (Å²) in [7, 11) is 0. The number of nitrogens with one attached hydrogen (secondary N) is 2. The summed E-state index contributed by atoms with van der Waals surface area (Å²) in [4.78, 5) is 13.1. The second-order valence-corrected chi connectivity index (χ2v) is 6.22. The highest BCUT2D eigenvalue weighted by Crippen LogP contribution is 2.19. The van der Waals surface area contributed by atoms with Crippen LogP contribution in [0.4, 0.5) is 0 Å². The number of rotatable bonds is 7. The van der Waals surface area contributed by atoms with Crippen molar-refractivity contribution in [2.75, 3.05) is 25.5 Å². The van der Waals surface area contributed by atoms with E-state index in [0.29, 0.717) is 5.75 Å². The largest absolute Gasteiger partial charge is 0.381 e. The number of benzene rings is 1. The molecule has 1 heterocycles. The predicted octanol–water partition coefficient (Wildman–Crippen LogP) is 2.18. The molecule has 21 heavy (non-hydrogen) atoms. The molecule has 1 fully saturated rings. The van der Waals surface area contributed by atoms with Gasteiger partial charge in [0, 0.05) is 30.7 Å². The molecule has 0 unspecified atom stereocenters. The van der Waals surface area contributed by atoms with E-state index < -0.39 is 0 Å². The van der Waals surface area contributed by atoms with Crippen LogP contribution in [0.5, 0.6) is 0 Å². The molecular formula is C16H24N2O2S. The van der Waals surface area contributed by atoms with E-state index in [1.807, 2.05) is 6.07 Å². The molecule has 0 atom stereocenters. The Balaban J connectivity index is 1.75. The first-order valence-corrected chi connectivity index (χ1v) is 8.56. The van der Waals surface area contributed by atoms with Crippen molar-refractivity contribution in [3.63, 3.8) is 0 Å². The summed E-state index contributed by atoms with van der Waals surface area (Å²) in [6, 6.07) is 8.64. The van der Waals surface area contributed by atoms with Crippen LogP contribution in [-0.4, -0.2) is 37.5 Å². The van der Waals surface area contributed by atoms with Gasteiger partial charge in [-0.15, -0.1) is 11.8 Å². The highest BCUT2D eigenvalue weighted by Gasteiger charge is 2.15. The van der Waals surface area contributed by atoms with Crippen LogP contribution in [0, 0.1) is 0 Å². The third-order valence-electron chi connectivity index (χ3n) is 3.43. The second kappa shape index (κ2) is 9.07. The Morgan fingerprint density at radius 3 is 2.95 bits per heavy atom. The van der Waals surface area contributed by atoms with Gasteiger partial charge in [-0.2, -0.15) is 0 Å². The van der Waals surface area contributed by atoms with Crippen LogP contribution in [0.25, 0.3) is 0 Å². The molecule has 0 radical (unpaired) electrons. The van der Waals surface area contributed by atoms with Crippen molar-refractivity contribution in [1.82, 2.24) is 10.6 Å². The average Bonchev–Trinajstić information content (AvgIpc) is 2.52. The summed E-state index contributed by atoms with van der Waals surface area (Å²) in [5.41, 5.74) is 1.26. The molecule has 1 aromatic carbocycles. The molecule has 0 bridgehead atoms. The van der Waals surface area contributed by atoms with Crippen LogP contribution in [0.1, 0.15) is 25.3 Å². The van der Waals surface area contributed by atoms with Gasteiger partial charge in [0.05, 0.1) is 5.75 Å². The zero-order valence-corrected chi connectivity index (χ0v) is 13.4. The van der Waals surface area contributed by atoms with E-state index in [1.54, 1.807) is 11.8 Å². The van der Waals surface area contributed by atoms with Crippen LogP contribution in [0.3, 0.4) is 0 Å². The third kappa shape index (κ3) is 6.08. The molecule has 0 saturated carbocycles. The minimum Gasteiger partial charge on any atom is -0.381 e. The van der Waals surface area contributed by atoms with Crippen molar-refractivity contribution in [2.45, 2.75) is 37.2 Å². The Morgan fingerprint density at radius 2 is 2.19 bits per heavy atom. The first kappa shape index (κ1) is 16.3. The summed E-state index contributed by atoms with van der Waals surface area (Å²) in [5.74, 6) is 0.589. The predicted molar refractivity (Wildman–Crippen MR) is 86.5 cm³/mol. The lowest BCUT2D eigenvalue weighted by molar-refractivity contribution is -0.119. The summed E-state index contributed by atoms with van der Waals surface area (Å²) in [5, 5.41) is 6.40. The van der Waals surface area contributed by atoms with Crippen LogP contribution in [-0.2, 0) is 16.1 Å². The van der Waals surface area contributed by atoms with Gasteiger partial charge in [-0.1, -0.05) is 19.1 Å². The molecule has 5 heteroatoms. The smallest absolute Gasteiger partial charge is 0.230 e. The van der Waals surface area contributed by atoms with Crippen molar-refractivity contribution in [3.8, 4) is 0 Å². The van der Waals surface area contributed by atoms with Gasteiger partial charge in [0.1, 0.15) is 0 Å². The van der Waals surface area contributed by atoms with E-state index in [-0.39, 0.29) is 11.9 Å². The van der Waals surface area contributed by atoms with E-state index in [0.717, 1.165) is 44.0 Å². The molecule has 1 saturated heterocycles. The number of hydrogen-bond donors (Lipinski definition) is 2. The molecule has 2 N–H and O–H groups in total. The monoisotopic (exact) mass is 308 g/mol. The highest BCUT2D eigenvalue weighted by atomic mass is 32.2. The summed E-state index contributed by atoms with van der Waals surface area (Å²) in [6.45, 7) is 5.44. The minimum absolute atomic E-state index is 0.115. The summed E-state index contributed by atoms with van der Waals surface area (Å²) < 4.78 is 5.29. The SMILES string of the molecule is CCNCc1cccc(SCC(=O)NC2CCOCC2)c1. The third-order valence-corrected chi connectivity index (χ3v) is 4.43. The molecule has 0 aromatic heterocycles. The van der Waals surface area contributed by atoms with Gasteiger partial charge in [-0.05, 0) is 37.1 Å². The zero-order valence-electron chi connectivity index (χ0n) is 12.6. The van der Waals surface area contributed by atoms with Crippen molar-refractivity contribution < 1.29 is 9.53 Å². The lowest BCUT2D eigenvalue weighted by Crippen LogP contribution is -2.39. The number of hydrogen-bond acceptors (Lipinski definition) is 4. The Bertz CT molecular complexity index is 448. The Labute approximate surface area is 131 Å². The maximum atomic E-state index is 12.0. The van der Waals surface area contributed by atoms with Crippen molar-refractivity contribution >= 4 is 17.7 Å². The molecule has 1 aliphatic rings. The minimum atomic E-state index is 0.115. The summed E-state index contributed by atoms with van der Waals surface area (Å²) >= 11 is 1.59. The topological polar surface area (TPSA) is 50.4 Å². The Hall–Kier alpha value is -1.04. The van der Waals surface area contributed by atoms with Gasteiger partial charge in [0.25, 0.3) is 0 Å². The average molecular weight is 308 g/mol. The molecule has 1 aromatic rings. The molecular weight excluding hydrogens is 284 g/mol. The maximum Gasteiger partial charge on any atom is 0.230 e.